The monoisotopic (exact) mass is 271 g/mol. The number of esters is 1. The van der Waals surface area contributed by atoms with Gasteiger partial charge in [0.15, 0.2) is 0 Å². The topological polar surface area (TPSA) is 72.9 Å². The Morgan fingerprint density at radius 3 is 2.53 bits per heavy atom. The molecule has 1 aliphatic rings. The maximum atomic E-state index is 12.0. The molecular formula is C13H21NO5. The molecule has 0 aliphatic carbocycles. The molecule has 1 fully saturated rings. The Bertz CT molecular complexity index is 372. The van der Waals surface area contributed by atoms with Crippen LogP contribution in [0, 0.1) is 0 Å². The van der Waals surface area contributed by atoms with Gasteiger partial charge < -0.3 is 9.47 Å². The number of carbonyl (C=O) groups is 3. The van der Waals surface area contributed by atoms with Gasteiger partial charge in [-0.05, 0) is 40.5 Å². The molecule has 1 aliphatic heterocycles. The standard InChI is InChI=1S/C13H21NO5/c1-5-18-11(16)9-7-6-8-10(15)14(9)12(17)19-13(2,3)4/h9H,5-8H2,1-4H3. The molecule has 6 nitrogen and oxygen atoms in total. The summed E-state index contributed by atoms with van der Waals surface area (Å²) in [6.45, 7) is 7.02. The van der Waals surface area contributed by atoms with E-state index in [-0.39, 0.29) is 13.0 Å². The van der Waals surface area contributed by atoms with Crippen molar-refractivity contribution in [3.63, 3.8) is 0 Å². The first kappa shape index (κ1) is 15.5. The van der Waals surface area contributed by atoms with E-state index in [1.54, 1.807) is 27.7 Å². The lowest BCUT2D eigenvalue weighted by atomic mass is 10.0. The van der Waals surface area contributed by atoms with E-state index in [1.165, 1.54) is 0 Å². The van der Waals surface area contributed by atoms with Gasteiger partial charge >= 0.3 is 12.1 Å². The summed E-state index contributed by atoms with van der Waals surface area (Å²) in [5, 5.41) is 0. The number of carbonyl (C=O) groups excluding carboxylic acids is 3. The second-order valence-corrected chi connectivity index (χ2v) is 5.40. The second-order valence-electron chi connectivity index (χ2n) is 5.40. The van der Waals surface area contributed by atoms with E-state index in [4.69, 9.17) is 9.47 Å². The van der Waals surface area contributed by atoms with Crippen molar-refractivity contribution in [3.05, 3.63) is 0 Å². The van der Waals surface area contributed by atoms with Crippen LogP contribution in [0.15, 0.2) is 0 Å². The van der Waals surface area contributed by atoms with Crippen LogP contribution in [-0.4, -0.2) is 41.1 Å². The lowest BCUT2D eigenvalue weighted by Gasteiger charge is -2.33. The number of nitrogens with zero attached hydrogens (tertiary/aromatic N) is 1. The van der Waals surface area contributed by atoms with Gasteiger partial charge in [0.2, 0.25) is 5.91 Å². The summed E-state index contributed by atoms with van der Waals surface area (Å²) in [5.41, 5.74) is -0.714. The van der Waals surface area contributed by atoms with E-state index < -0.39 is 29.6 Å². The quantitative estimate of drug-likeness (QED) is 0.717. The van der Waals surface area contributed by atoms with Gasteiger partial charge in [0, 0.05) is 6.42 Å². The molecule has 1 unspecified atom stereocenters. The summed E-state index contributed by atoms with van der Waals surface area (Å²) in [6, 6.07) is -0.865. The van der Waals surface area contributed by atoms with Gasteiger partial charge in [0.1, 0.15) is 11.6 Å². The largest absolute Gasteiger partial charge is 0.464 e. The zero-order valence-electron chi connectivity index (χ0n) is 11.9. The van der Waals surface area contributed by atoms with Gasteiger partial charge in [0.25, 0.3) is 0 Å². The minimum atomic E-state index is -0.865. The molecule has 0 radical (unpaired) electrons. The van der Waals surface area contributed by atoms with Crippen LogP contribution < -0.4 is 0 Å². The van der Waals surface area contributed by atoms with E-state index in [0.717, 1.165) is 4.90 Å². The number of amides is 2. The summed E-state index contributed by atoms with van der Waals surface area (Å²) in [4.78, 5) is 36.6. The number of hydrogen-bond acceptors (Lipinski definition) is 5. The number of hydrogen-bond donors (Lipinski definition) is 0. The van der Waals surface area contributed by atoms with Crippen LogP contribution in [0.25, 0.3) is 0 Å². The van der Waals surface area contributed by atoms with Crippen molar-refractivity contribution < 1.29 is 23.9 Å². The fourth-order valence-electron chi connectivity index (χ4n) is 1.87. The SMILES string of the molecule is CCOC(=O)C1CCCC(=O)N1C(=O)OC(C)(C)C. The maximum absolute atomic E-state index is 12.0. The molecule has 0 saturated carbocycles. The minimum absolute atomic E-state index is 0.214. The average molecular weight is 271 g/mol. The molecule has 1 atom stereocenters. The summed E-state index contributed by atoms with van der Waals surface area (Å²) in [6.07, 6.45) is 0.455. The fourth-order valence-corrected chi connectivity index (χ4v) is 1.87. The molecule has 0 aromatic carbocycles. The van der Waals surface area contributed by atoms with Crippen LogP contribution in [0.4, 0.5) is 4.79 Å². The molecule has 1 rings (SSSR count). The van der Waals surface area contributed by atoms with E-state index in [0.29, 0.717) is 12.8 Å². The lowest BCUT2D eigenvalue weighted by Crippen LogP contribution is -2.53. The molecule has 1 heterocycles. The van der Waals surface area contributed by atoms with Crippen molar-refractivity contribution in [3.8, 4) is 0 Å². The van der Waals surface area contributed by atoms with Crippen molar-refractivity contribution in [2.45, 2.75) is 58.6 Å². The van der Waals surface area contributed by atoms with E-state index in [2.05, 4.69) is 0 Å². The van der Waals surface area contributed by atoms with Crippen molar-refractivity contribution in [2.24, 2.45) is 0 Å². The van der Waals surface area contributed by atoms with E-state index in [1.807, 2.05) is 0 Å². The first-order chi connectivity index (χ1) is 8.76. The van der Waals surface area contributed by atoms with Gasteiger partial charge in [0.05, 0.1) is 6.61 Å². The second kappa shape index (κ2) is 6.04. The summed E-state index contributed by atoms with van der Waals surface area (Å²) >= 11 is 0. The van der Waals surface area contributed by atoms with Crippen LogP contribution in [0.2, 0.25) is 0 Å². The molecule has 108 valence electrons. The predicted molar refractivity (Wildman–Crippen MR) is 67.4 cm³/mol. The molecule has 0 bridgehead atoms. The van der Waals surface area contributed by atoms with Gasteiger partial charge in [-0.3, -0.25) is 4.79 Å². The number of imide groups is 1. The molecule has 0 aromatic heterocycles. The zero-order valence-corrected chi connectivity index (χ0v) is 11.9. The third-order valence-corrected chi connectivity index (χ3v) is 2.60. The lowest BCUT2D eigenvalue weighted by molar-refractivity contribution is -0.156. The number of ether oxygens (including phenoxy) is 2. The van der Waals surface area contributed by atoms with Crippen molar-refractivity contribution in [1.82, 2.24) is 4.90 Å². The van der Waals surface area contributed by atoms with Crippen LogP contribution in [0.1, 0.15) is 47.0 Å². The van der Waals surface area contributed by atoms with Crippen LogP contribution in [0.5, 0.6) is 0 Å². The summed E-state index contributed by atoms with van der Waals surface area (Å²) < 4.78 is 10.1. The zero-order chi connectivity index (χ0) is 14.6. The molecule has 0 N–H and O–H groups in total. The molecule has 0 aromatic rings. The molecule has 19 heavy (non-hydrogen) atoms. The maximum Gasteiger partial charge on any atom is 0.417 e. The van der Waals surface area contributed by atoms with Crippen molar-refractivity contribution in [2.75, 3.05) is 6.61 Å². The van der Waals surface area contributed by atoms with Gasteiger partial charge in [-0.25, -0.2) is 14.5 Å². The Balaban J connectivity index is 2.86. The van der Waals surface area contributed by atoms with Crippen LogP contribution in [0.3, 0.4) is 0 Å². The van der Waals surface area contributed by atoms with Crippen LogP contribution in [-0.2, 0) is 19.1 Å². The Kier molecular flexibility index (Phi) is 4.91. The summed E-state index contributed by atoms with van der Waals surface area (Å²) in [7, 11) is 0. The highest BCUT2D eigenvalue weighted by Crippen LogP contribution is 2.22. The highest BCUT2D eigenvalue weighted by Gasteiger charge is 2.40. The summed E-state index contributed by atoms with van der Waals surface area (Å²) in [5.74, 6) is -0.944. The third-order valence-electron chi connectivity index (χ3n) is 2.60. The van der Waals surface area contributed by atoms with Crippen LogP contribution >= 0.6 is 0 Å². The fraction of sp³-hybridized carbons (Fsp3) is 0.769. The number of likely N-dealkylation sites (tertiary alicyclic amines) is 1. The Hall–Kier alpha value is -1.59. The molecular weight excluding hydrogens is 250 g/mol. The smallest absolute Gasteiger partial charge is 0.417 e. The highest BCUT2D eigenvalue weighted by molar-refractivity contribution is 5.97. The minimum Gasteiger partial charge on any atom is -0.464 e. The van der Waals surface area contributed by atoms with Crippen molar-refractivity contribution >= 4 is 18.0 Å². The number of rotatable bonds is 2. The molecule has 2 amide bonds. The number of piperidine rings is 1. The van der Waals surface area contributed by atoms with Gasteiger partial charge in [-0.1, -0.05) is 0 Å². The molecule has 0 spiro atoms. The first-order valence-electron chi connectivity index (χ1n) is 6.48. The Morgan fingerprint density at radius 2 is 2.00 bits per heavy atom. The Labute approximate surface area is 113 Å². The van der Waals surface area contributed by atoms with E-state index in [9.17, 15) is 14.4 Å². The average Bonchev–Trinajstić information content (AvgIpc) is 2.26. The van der Waals surface area contributed by atoms with Gasteiger partial charge in [-0.2, -0.15) is 0 Å². The Morgan fingerprint density at radius 1 is 1.37 bits per heavy atom. The van der Waals surface area contributed by atoms with Crippen molar-refractivity contribution in [1.29, 1.82) is 0 Å². The van der Waals surface area contributed by atoms with Gasteiger partial charge in [-0.15, -0.1) is 0 Å². The van der Waals surface area contributed by atoms with E-state index >= 15 is 0 Å². The molecule has 6 heteroatoms. The first-order valence-corrected chi connectivity index (χ1v) is 6.48. The molecule has 1 saturated heterocycles. The highest BCUT2D eigenvalue weighted by atomic mass is 16.6. The predicted octanol–water partition coefficient (Wildman–Crippen LogP) is 1.87. The normalized spacial score (nSPS) is 20.1. The third kappa shape index (κ3) is 4.22.